The Morgan fingerprint density at radius 1 is 1.29 bits per heavy atom. The van der Waals surface area contributed by atoms with Crippen molar-refractivity contribution >= 4 is 6.47 Å². The summed E-state index contributed by atoms with van der Waals surface area (Å²) in [6.45, 7) is 0.305. The van der Waals surface area contributed by atoms with Crippen molar-refractivity contribution in [3.63, 3.8) is 0 Å². The van der Waals surface area contributed by atoms with Gasteiger partial charge in [0.05, 0.1) is 5.56 Å². The first-order valence-corrected chi connectivity index (χ1v) is 5.27. The van der Waals surface area contributed by atoms with Crippen LogP contribution in [0.2, 0.25) is 0 Å². The van der Waals surface area contributed by atoms with Gasteiger partial charge in [0.2, 0.25) is 0 Å². The van der Waals surface area contributed by atoms with E-state index < -0.39 is 17.3 Å². The van der Waals surface area contributed by atoms with E-state index in [1.165, 1.54) is 6.07 Å². The zero-order valence-electron chi connectivity index (χ0n) is 8.96. The normalized spacial score (nSPS) is 18.3. The number of hydrogen-bond acceptors (Lipinski definition) is 2. The Bertz CT molecular complexity index is 422. The van der Waals surface area contributed by atoms with Gasteiger partial charge in [-0.3, -0.25) is 4.79 Å². The molecule has 2 rings (SSSR count). The smallest absolute Gasteiger partial charge is 0.416 e. The van der Waals surface area contributed by atoms with E-state index in [0.717, 1.165) is 18.6 Å². The molecule has 1 aromatic rings. The van der Waals surface area contributed by atoms with Crippen molar-refractivity contribution in [1.29, 1.82) is 0 Å². The molecule has 0 spiro atoms. The largest absolute Gasteiger partial charge is 0.456 e. The van der Waals surface area contributed by atoms with Crippen LogP contribution in [-0.4, -0.2) is 6.47 Å². The molecule has 5 heteroatoms. The Balaban J connectivity index is 2.35. The van der Waals surface area contributed by atoms with E-state index in [1.54, 1.807) is 6.07 Å². The van der Waals surface area contributed by atoms with Crippen LogP contribution in [0.15, 0.2) is 24.3 Å². The van der Waals surface area contributed by atoms with Crippen molar-refractivity contribution in [3.05, 3.63) is 35.4 Å². The molecule has 0 bridgehead atoms. The van der Waals surface area contributed by atoms with Crippen molar-refractivity contribution in [2.75, 3.05) is 0 Å². The number of rotatable bonds is 3. The molecule has 1 saturated carbocycles. The fourth-order valence-corrected chi connectivity index (χ4v) is 2.04. The van der Waals surface area contributed by atoms with Crippen molar-refractivity contribution < 1.29 is 22.7 Å². The van der Waals surface area contributed by atoms with Crippen molar-refractivity contribution in [2.45, 2.75) is 31.0 Å². The molecule has 17 heavy (non-hydrogen) atoms. The number of alkyl halides is 3. The molecule has 1 aliphatic rings. The second-order valence-electron chi connectivity index (χ2n) is 4.14. The molecule has 0 unspecified atom stereocenters. The fraction of sp³-hybridized carbons (Fsp3) is 0.417. The molecule has 1 aliphatic carbocycles. The number of hydrogen-bond donors (Lipinski definition) is 0. The van der Waals surface area contributed by atoms with Gasteiger partial charge in [-0.2, -0.15) is 13.2 Å². The maximum Gasteiger partial charge on any atom is 0.416 e. The first-order valence-electron chi connectivity index (χ1n) is 5.27. The van der Waals surface area contributed by atoms with Gasteiger partial charge in [-0.05, 0) is 37.0 Å². The zero-order valence-corrected chi connectivity index (χ0v) is 8.96. The summed E-state index contributed by atoms with van der Waals surface area (Å²) < 4.78 is 42.6. The summed E-state index contributed by atoms with van der Waals surface area (Å²) in [6, 6.07) is 4.98. The number of carbonyl (C=O) groups excluding carboxylic acids is 1. The van der Waals surface area contributed by atoms with Crippen LogP contribution >= 0.6 is 0 Å². The molecule has 0 saturated heterocycles. The summed E-state index contributed by atoms with van der Waals surface area (Å²) in [5.74, 6) is 0. The van der Waals surface area contributed by atoms with Crippen molar-refractivity contribution in [3.8, 4) is 0 Å². The maximum atomic E-state index is 12.6. The molecule has 0 heterocycles. The summed E-state index contributed by atoms with van der Waals surface area (Å²) in [7, 11) is 0. The number of carbonyl (C=O) groups is 1. The lowest BCUT2D eigenvalue weighted by atomic mass is 9.74. The SMILES string of the molecule is O=COC1(c2cccc(C(F)(F)F)c2)CCC1. The predicted molar refractivity (Wildman–Crippen MR) is 54.1 cm³/mol. The lowest BCUT2D eigenvalue weighted by molar-refractivity contribution is -0.155. The molecule has 2 nitrogen and oxygen atoms in total. The van der Waals surface area contributed by atoms with E-state index in [9.17, 15) is 18.0 Å². The van der Waals surface area contributed by atoms with Crippen molar-refractivity contribution in [1.82, 2.24) is 0 Å². The van der Waals surface area contributed by atoms with E-state index in [0.29, 0.717) is 24.9 Å². The van der Waals surface area contributed by atoms with E-state index in [4.69, 9.17) is 4.74 Å². The van der Waals surface area contributed by atoms with Gasteiger partial charge in [0.1, 0.15) is 5.60 Å². The van der Waals surface area contributed by atoms with Crippen LogP contribution in [0.4, 0.5) is 13.2 Å². The highest BCUT2D eigenvalue weighted by atomic mass is 19.4. The lowest BCUT2D eigenvalue weighted by Crippen LogP contribution is -2.37. The molecule has 0 aliphatic heterocycles. The third kappa shape index (κ3) is 2.14. The molecule has 0 atom stereocenters. The highest BCUT2D eigenvalue weighted by molar-refractivity contribution is 5.42. The molecular weight excluding hydrogens is 233 g/mol. The minimum Gasteiger partial charge on any atom is -0.456 e. The van der Waals surface area contributed by atoms with Crippen LogP contribution in [0.3, 0.4) is 0 Å². The third-order valence-electron chi connectivity index (χ3n) is 3.15. The third-order valence-corrected chi connectivity index (χ3v) is 3.15. The first-order chi connectivity index (χ1) is 7.98. The number of ether oxygens (including phenoxy) is 1. The molecule has 0 N–H and O–H groups in total. The average molecular weight is 244 g/mol. The Kier molecular flexibility index (Phi) is 2.85. The van der Waals surface area contributed by atoms with Gasteiger partial charge in [0.15, 0.2) is 0 Å². The highest BCUT2D eigenvalue weighted by Crippen LogP contribution is 2.45. The van der Waals surface area contributed by atoms with Crippen LogP contribution < -0.4 is 0 Å². The van der Waals surface area contributed by atoms with E-state index in [-0.39, 0.29) is 0 Å². The lowest BCUT2D eigenvalue weighted by Gasteiger charge is -2.40. The minimum absolute atomic E-state index is 0.305. The van der Waals surface area contributed by atoms with Crippen LogP contribution in [0.5, 0.6) is 0 Å². The van der Waals surface area contributed by atoms with E-state index in [2.05, 4.69) is 0 Å². The quantitative estimate of drug-likeness (QED) is 0.763. The summed E-state index contributed by atoms with van der Waals surface area (Å²) in [4.78, 5) is 10.4. The molecular formula is C12H11F3O2. The molecule has 0 aromatic heterocycles. The van der Waals surface area contributed by atoms with Gasteiger partial charge in [-0.1, -0.05) is 12.1 Å². The van der Waals surface area contributed by atoms with Gasteiger partial charge >= 0.3 is 6.18 Å². The summed E-state index contributed by atoms with van der Waals surface area (Å²) in [5.41, 5.74) is -1.13. The topological polar surface area (TPSA) is 26.3 Å². The van der Waals surface area contributed by atoms with Gasteiger partial charge in [0.25, 0.3) is 6.47 Å². The maximum absolute atomic E-state index is 12.6. The standard InChI is InChI=1S/C12H11F3O2/c13-12(14,15)10-4-1-3-9(7-10)11(17-8-16)5-2-6-11/h1,3-4,7-8H,2,5-6H2. The van der Waals surface area contributed by atoms with E-state index >= 15 is 0 Å². The summed E-state index contributed by atoms with van der Waals surface area (Å²) in [6.07, 6.45) is -2.37. The molecule has 1 aromatic carbocycles. The monoisotopic (exact) mass is 244 g/mol. The Labute approximate surface area is 96.4 Å². The highest BCUT2D eigenvalue weighted by Gasteiger charge is 2.42. The van der Waals surface area contributed by atoms with Crippen molar-refractivity contribution in [2.24, 2.45) is 0 Å². The van der Waals surface area contributed by atoms with Crippen LogP contribution in [0.1, 0.15) is 30.4 Å². The molecule has 1 fully saturated rings. The van der Waals surface area contributed by atoms with Gasteiger partial charge in [-0.25, -0.2) is 0 Å². The minimum atomic E-state index is -4.37. The number of benzene rings is 1. The molecule has 0 radical (unpaired) electrons. The summed E-state index contributed by atoms with van der Waals surface area (Å²) in [5, 5.41) is 0. The fourth-order valence-electron chi connectivity index (χ4n) is 2.04. The number of halogens is 3. The van der Waals surface area contributed by atoms with Gasteiger partial charge < -0.3 is 4.74 Å². The Morgan fingerprint density at radius 2 is 2.00 bits per heavy atom. The van der Waals surface area contributed by atoms with Crippen LogP contribution in [0.25, 0.3) is 0 Å². The van der Waals surface area contributed by atoms with Gasteiger partial charge in [-0.15, -0.1) is 0 Å². The predicted octanol–water partition coefficient (Wildman–Crippen LogP) is 3.26. The summed E-state index contributed by atoms with van der Waals surface area (Å²) >= 11 is 0. The molecule has 0 amide bonds. The first kappa shape index (κ1) is 12.0. The Morgan fingerprint density at radius 3 is 2.47 bits per heavy atom. The second kappa shape index (κ2) is 4.05. The zero-order chi connectivity index (χ0) is 12.5. The van der Waals surface area contributed by atoms with Crippen LogP contribution in [0, 0.1) is 0 Å². The van der Waals surface area contributed by atoms with Crippen LogP contribution in [-0.2, 0) is 21.3 Å². The van der Waals surface area contributed by atoms with E-state index in [1.807, 2.05) is 0 Å². The molecule has 92 valence electrons. The second-order valence-corrected chi connectivity index (χ2v) is 4.14. The van der Waals surface area contributed by atoms with Gasteiger partial charge in [0, 0.05) is 0 Å². The Hall–Kier alpha value is -1.52. The average Bonchev–Trinajstić information content (AvgIpc) is 2.22.